The number of anilines is 1. The Morgan fingerprint density at radius 3 is 2.68 bits per heavy atom. The number of furan rings is 1. The van der Waals surface area contributed by atoms with Gasteiger partial charge in [0.25, 0.3) is 5.91 Å². The highest BCUT2D eigenvalue weighted by molar-refractivity contribution is 7.80. The first kappa shape index (κ1) is 13.6. The lowest BCUT2D eigenvalue weighted by Crippen LogP contribution is -2.14. The normalized spacial score (nSPS) is 10.2. The number of aryl methyl sites for hydroxylation is 1. The van der Waals surface area contributed by atoms with Gasteiger partial charge < -0.3 is 15.5 Å². The molecule has 0 spiro atoms. The Kier molecular flexibility index (Phi) is 3.87. The molecule has 19 heavy (non-hydrogen) atoms. The molecule has 0 aliphatic carbocycles. The number of thiocarbonyl (C=S) groups is 1. The van der Waals surface area contributed by atoms with Crippen molar-refractivity contribution >= 4 is 40.4 Å². The zero-order valence-electron chi connectivity index (χ0n) is 10.1. The summed E-state index contributed by atoms with van der Waals surface area (Å²) in [5.41, 5.74) is 7.77. The maximum atomic E-state index is 11.9. The van der Waals surface area contributed by atoms with Gasteiger partial charge in [0, 0.05) is 11.3 Å². The Morgan fingerprint density at radius 2 is 2.11 bits per heavy atom. The second-order valence-electron chi connectivity index (χ2n) is 3.95. The summed E-state index contributed by atoms with van der Waals surface area (Å²) in [6.07, 6.45) is 0. The summed E-state index contributed by atoms with van der Waals surface area (Å²) in [5.74, 6) is -0.236. The van der Waals surface area contributed by atoms with Crippen molar-refractivity contribution in [1.29, 1.82) is 0 Å². The molecule has 0 unspecified atom stereocenters. The summed E-state index contributed by atoms with van der Waals surface area (Å²) in [5, 5.41) is 2.89. The van der Waals surface area contributed by atoms with Crippen LogP contribution in [-0.2, 0) is 0 Å². The molecule has 1 heterocycles. The average Bonchev–Trinajstić information content (AvgIpc) is 2.78. The molecule has 2 aromatic rings. The Bertz CT molecular complexity index is 652. The molecule has 3 N–H and O–H groups in total. The molecule has 2 rings (SSSR count). The molecule has 4 nitrogen and oxygen atoms in total. The molecular formula is C13H11ClN2O2S. The fourth-order valence-electron chi connectivity index (χ4n) is 1.53. The molecule has 0 radical (unpaired) electrons. The van der Waals surface area contributed by atoms with Crippen LogP contribution in [0.3, 0.4) is 0 Å². The van der Waals surface area contributed by atoms with E-state index < -0.39 is 0 Å². The first-order valence-corrected chi connectivity index (χ1v) is 6.23. The maximum absolute atomic E-state index is 11.9. The quantitative estimate of drug-likeness (QED) is 0.854. The van der Waals surface area contributed by atoms with Crippen molar-refractivity contribution in [3.05, 3.63) is 52.4 Å². The topological polar surface area (TPSA) is 68.3 Å². The van der Waals surface area contributed by atoms with Gasteiger partial charge in [-0.25, -0.2) is 0 Å². The molecule has 1 aromatic carbocycles. The number of nitrogens with one attached hydrogen (secondary N) is 1. The SMILES string of the molecule is Cc1ccc(C(N)=S)cc1NC(=O)c1ccc(Cl)o1. The van der Waals surface area contributed by atoms with Crippen LogP contribution in [0.25, 0.3) is 0 Å². The van der Waals surface area contributed by atoms with Gasteiger partial charge in [-0.15, -0.1) is 0 Å². The molecule has 0 atom stereocenters. The zero-order valence-corrected chi connectivity index (χ0v) is 11.6. The van der Waals surface area contributed by atoms with Crippen LogP contribution in [0.15, 0.2) is 34.7 Å². The molecule has 0 saturated heterocycles. The standard InChI is InChI=1S/C13H11ClN2O2S/c1-7-2-3-8(12(15)19)6-9(7)16-13(17)10-4-5-11(14)18-10/h2-6H,1H3,(H2,15,19)(H,16,17). The summed E-state index contributed by atoms with van der Waals surface area (Å²) in [7, 11) is 0. The highest BCUT2D eigenvalue weighted by Crippen LogP contribution is 2.19. The molecule has 98 valence electrons. The van der Waals surface area contributed by atoms with Gasteiger partial charge in [-0.05, 0) is 42.3 Å². The van der Waals surface area contributed by atoms with Crippen molar-refractivity contribution in [3.63, 3.8) is 0 Å². The van der Waals surface area contributed by atoms with Crippen molar-refractivity contribution in [2.45, 2.75) is 6.92 Å². The van der Waals surface area contributed by atoms with Crippen molar-refractivity contribution in [2.75, 3.05) is 5.32 Å². The molecule has 0 aliphatic rings. The second-order valence-corrected chi connectivity index (χ2v) is 4.76. The Morgan fingerprint density at radius 1 is 1.37 bits per heavy atom. The lowest BCUT2D eigenvalue weighted by molar-refractivity contribution is 0.0996. The number of hydrogen-bond acceptors (Lipinski definition) is 3. The van der Waals surface area contributed by atoms with Crippen molar-refractivity contribution < 1.29 is 9.21 Å². The van der Waals surface area contributed by atoms with Crippen LogP contribution in [0.2, 0.25) is 5.22 Å². The van der Waals surface area contributed by atoms with Crippen molar-refractivity contribution in [3.8, 4) is 0 Å². The molecule has 0 aliphatic heterocycles. The van der Waals surface area contributed by atoms with Gasteiger partial charge in [-0.3, -0.25) is 4.79 Å². The van der Waals surface area contributed by atoms with E-state index in [1.54, 1.807) is 12.1 Å². The first-order valence-electron chi connectivity index (χ1n) is 5.44. The fourth-order valence-corrected chi connectivity index (χ4v) is 1.80. The highest BCUT2D eigenvalue weighted by Gasteiger charge is 2.12. The molecule has 6 heteroatoms. The van der Waals surface area contributed by atoms with Crippen LogP contribution in [0.5, 0.6) is 0 Å². The van der Waals surface area contributed by atoms with Gasteiger partial charge in [0.05, 0.1) is 0 Å². The summed E-state index contributed by atoms with van der Waals surface area (Å²) in [4.78, 5) is 12.2. The minimum atomic E-state index is -0.380. The number of carbonyl (C=O) groups is 1. The minimum Gasteiger partial charge on any atom is -0.440 e. The maximum Gasteiger partial charge on any atom is 0.291 e. The third-order valence-electron chi connectivity index (χ3n) is 2.57. The number of amides is 1. The van der Waals surface area contributed by atoms with Gasteiger partial charge in [-0.2, -0.15) is 0 Å². The summed E-state index contributed by atoms with van der Waals surface area (Å²) in [6, 6.07) is 8.37. The lowest BCUT2D eigenvalue weighted by atomic mass is 10.1. The zero-order chi connectivity index (χ0) is 14.0. The molecule has 0 bridgehead atoms. The number of benzene rings is 1. The highest BCUT2D eigenvalue weighted by atomic mass is 35.5. The van der Waals surface area contributed by atoms with Gasteiger partial charge >= 0.3 is 0 Å². The van der Waals surface area contributed by atoms with E-state index in [1.807, 2.05) is 13.0 Å². The average molecular weight is 295 g/mol. The van der Waals surface area contributed by atoms with Gasteiger partial charge in [0.1, 0.15) is 4.99 Å². The van der Waals surface area contributed by atoms with E-state index in [9.17, 15) is 4.79 Å². The number of hydrogen-bond donors (Lipinski definition) is 2. The Hall–Kier alpha value is -1.85. The lowest BCUT2D eigenvalue weighted by Gasteiger charge is -2.09. The van der Waals surface area contributed by atoms with Crippen LogP contribution in [0, 0.1) is 6.92 Å². The van der Waals surface area contributed by atoms with Crippen molar-refractivity contribution in [2.24, 2.45) is 5.73 Å². The van der Waals surface area contributed by atoms with E-state index in [4.69, 9.17) is 34.0 Å². The first-order chi connectivity index (χ1) is 8.97. The van der Waals surface area contributed by atoms with Crippen LogP contribution in [-0.4, -0.2) is 10.9 Å². The molecular weight excluding hydrogens is 284 g/mol. The van der Waals surface area contributed by atoms with Crippen LogP contribution >= 0.6 is 23.8 Å². The minimum absolute atomic E-state index is 0.144. The predicted molar refractivity (Wildman–Crippen MR) is 78.7 cm³/mol. The third-order valence-corrected chi connectivity index (χ3v) is 3.01. The molecule has 0 fully saturated rings. The predicted octanol–water partition coefficient (Wildman–Crippen LogP) is 3.13. The smallest absolute Gasteiger partial charge is 0.291 e. The van der Waals surface area contributed by atoms with Crippen LogP contribution in [0.1, 0.15) is 21.7 Å². The van der Waals surface area contributed by atoms with E-state index in [0.717, 1.165) is 5.56 Å². The molecule has 0 saturated carbocycles. The third kappa shape index (κ3) is 3.13. The number of rotatable bonds is 3. The van der Waals surface area contributed by atoms with E-state index in [2.05, 4.69) is 5.32 Å². The summed E-state index contributed by atoms with van der Waals surface area (Å²) in [6.45, 7) is 1.87. The largest absolute Gasteiger partial charge is 0.440 e. The van der Waals surface area contributed by atoms with E-state index in [0.29, 0.717) is 11.3 Å². The fraction of sp³-hybridized carbons (Fsp3) is 0.0769. The van der Waals surface area contributed by atoms with Gasteiger partial charge in [0.15, 0.2) is 11.0 Å². The van der Waals surface area contributed by atoms with E-state index >= 15 is 0 Å². The molecule has 1 aromatic heterocycles. The number of halogens is 1. The monoisotopic (exact) mass is 294 g/mol. The molecule has 1 amide bonds. The Balaban J connectivity index is 2.25. The van der Waals surface area contributed by atoms with E-state index in [1.165, 1.54) is 12.1 Å². The van der Waals surface area contributed by atoms with Crippen LogP contribution < -0.4 is 11.1 Å². The Labute approximate surface area is 120 Å². The number of carbonyl (C=O) groups excluding carboxylic acids is 1. The number of nitrogens with two attached hydrogens (primary N) is 1. The van der Waals surface area contributed by atoms with E-state index in [-0.39, 0.29) is 21.9 Å². The summed E-state index contributed by atoms with van der Waals surface area (Å²) < 4.78 is 5.04. The van der Waals surface area contributed by atoms with Gasteiger partial charge in [-0.1, -0.05) is 24.4 Å². The summed E-state index contributed by atoms with van der Waals surface area (Å²) >= 11 is 10.5. The van der Waals surface area contributed by atoms with Gasteiger partial charge in [0.2, 0.25) is 0 Å². The van der Waals surface area contributed by atoms with Crippen molar-refractivity contribution in [1.82, 2.24) is 0 Å². The van der Waals surface area contributed by atoms with Crippen LogP contribution in [0.4, 0.5) is 5.69 Å². The second kappa shape index (κ2) is 5.42.